The summed E-state index contributed by atoms with van der Waals surface area (Å²) in [6, 6.07) is 1.30. The molecule has 0 atom stereocenters. The molecule has 1 saturated carbocycles. The normalized spacial score (nSPS) is 17.2. The number of halogens is 1. The summed E-state index contributed by atoms with van der Waals surface area (Å²) in [5.74, 6) is 0.251. The minimum absolute atomic E-state index is 0.0585. The summed E-state index contributed by atoms with van der Waals surface area (Å²) < 4.78 is 24.0. The Morgan fingerprint density at radius 3 is 2.50 bits per heavy atom. The second-order valence-corrected chi connectivity index (χ2v) is 8.38. The number of nitrogens with one attached hydrogen (secondary N) is 1. The molecule has 2 rings (SSSR count). The maximum absolute atomic E-state index is 12.1. The van der Waals surface area contributed by atoms with Gasteiger partial charge in [-0.25, -0.2) is 8.42 Å². The fourth-order valence-electron chi connectivity index (χ4n) is 2.36. The molecule has 0 radical (unpaired) electrons. The minimum Gasteiger partial charge on any atom is -0.350 e. The predicted octanol–water partition coefficient (Wildman–Crippen LogP) is 2.12. The molecule has 1 amide bonds. The molecular formula is C13H19ClN2O3S. The van der Waals surface area contributed by atoms with E-state index in [9.17, 15) is 13.2 Å². The van der Waals surface area contributed by atoms with Crippen molar-refractivity contribution in [2.24, 2.45) is 18.4 Å². The highest BCUT2D eigenvalue weighted by atomic mass is 35.7. The van der Waals surface area contributed by atoms with Gasteiger partial charge < -0.3 is 9.88 Å². The smallest absolute Gasteiger partial charge is 0.267 e. The Morgan fingerprint density at radius 2 is 2.10 bits per heavy atom. The Morgan fingerprint density at radius 1 is 1.50 bits per heavy atom. The van der Waals surface area contributed by atoms with Crippen molar-refractivity contribution in [1.29, 1.82) is 0 Å². The molecule has 5 nitrogen and oxygen atoms in total. The highest BCUT2D eigenvalue weighted by molar-refractivity contribution is 8.13. The van der Waals surface area contributed by atoms with Crippen molar-refractivity contribution in [3.8, 4) is 0 Å². The zero-order valence-corrected chi connectivity index (χ0v) is 13.4. The SMILES string of the molecule is CC(C)C1(CNC(=O)c2cc(S(=O)(=O)Cl)cn2C)CC1. The lowest BCUT2D eigenvalue weighted by atomic mass is 9.92. The molecule has 1 aromatic rings. The Balaban J connectivity index is 2.09. The van der Waals surface area contributed by atoms with Gasteiger partial charge in [0.15, 0.2) is 0 Å². The number of aryl methyl sites for hydroxylation is 1. The van der Waals surface area contributed by atoms with Crippen LogP contribution in [0.1, 0.15) is 37.2 Å². The van der Waals surface area contributed by atoms with Crippen LogP contribution in [0.4, 0.5) is 0 Å². The van der Waals surface area contributed by atoms with Gasteiger partial charge in [-0.2, -0.15) is 0 Å². The fraction of sp³-hybridized carbons (Fsp3) is 0.615. The van der Waals surface area contributed by atoms with E-state index < -0.39 is 9.05 Å². The van der Waals surface area contributed by atoms with Gasteiger partial charge in [0.05, 0.1) is 0 Å². The Labute approximate surface area is 123 Å². The van der Waals surface area contributed by atoms with E-state index in [4.69, 9.17) is 10.7 Å². The van der Waals surface area contributed by atoms with Gasteiger partial charge in [0.1, 0.15) is 10.6 Å². The Bertz CT molecular complexity index is 630. The summed E-state index contributed by atoms with van der Waals surface area (Å²) in [5.41, 5.74) is 0.506. The van der Waals surface area contributed by atoms with Crippen molar-refractivity contribution in [2.45, 2.75) is 31.6 Å². The number of nitrogens with zero attached hydrogens (tertiary/aromatic N) is 1. The zero-order valence-electron chi connectivity index (χ0n) is 11.8. The molecule has 0 spiro atoms. The van der Waals surface area contributed by atoms with Crippen LogP contribution in [0.15, 0.2) is 17.2 Å². The van der Waals surface area contributed by atoms with Crippen molar-refractivity contribution in [3.63, 3.8) is 0 Å². The number of carbonyl (C=O) groups is 1. The standard InChI is InChI=1S/C13H19ClN2O3S/c1-9(2)13(4-5-13)8-15-12(17)11-6-10(7-16(11)3)20(14,18)19/h6-7,9H,4-5,8H2,1-3H3,(H,15,17). The van der Waals surface area contributed by atoms with E-state index in [1.54, 1.807) is 7.05 Å². The predicted molar refractivity (Wildman–Crippen MR) is 77.3 cm³/mol. The third kappa shape index (κ3) is 3.01. The van der Waals surface area contributed by atoms with Crippen LogP contribution < -0.4 is 5.32 Å². The average Bonchev–Trinajstić information content (AvgIpc) is 3.02. The van der Waals surface area contributed by atoms with Crippen LogP contribution in [0, 0.1) is 11.3 Å². The summed E-state index contributed by atoms with van der Waals surface area (Å²) in [5, 5.41) is 2.89. The van der Waals surface area contributed by atoms with E-state index in [2.05, 4.69) is 19.2 Å². The molecule has 112 valence electrons. The third-order valence-corrected chi connectivity index (χ3v) is 5.53. The number of aromatic nitrogens is 1. The van der Waals surface area contributed by atoms with Gasteiger partial charge in [-0.1, -0.05) is 13.8 Å². The van der Waals surface area contributed by atoms with Crippen LogP contribution in [0.2, 0.25) is 0 Å². The number of hydrogen-bond acceptors (Lipinski definition) is 3. The molecule has 1 fully saturated rings. The molecule has 0 bridgehead atoms. The van der Waals surface area contributed by atoms with Gasteiger partial charge in [0.2, 0.25) is 0 Å². The monoisotopic (exact) mass is 318 g/mol. The first kappa shape index (κ1) is 15.4. The molecule has 0 aromatic carbocycles. The molecule has 0 unspecified atom stereocenters. The molecule has 1 aliphatic rings. The van der Waals surface area contributed by atoms with Gasteiger partial charge in [-0.3, -0.25) is 4.79 Å². The van der Waals surface area contributed by atoms with E-state index >= 15 is 0 Å². The van der Waals surface area contributed by atoms with E-state index in [1.165, 1.54) is 16.8 Å². The van der Waals surface area contributed by atoms with Crippen molar-refractivity contribution >= 4 is 25.6 Å². The van der Waals surface area contributed by atoms with Gasteiger partial charge in [0, 0.05) is 30.5 Å². The summed E-state index contributed by atoms with van der Waals surface area (Å²) in [6.45, 7) is 4.93. The summed E-state index contributed by atoms with van der Waals surface area (Å²) >= 11 is 0. The molecule has 7 heteroatoms. The van der Waals surface area contributed by atoms with Crippen LogP contribution in [0.5, 0.6) is 0 Å². The molecule has 1 aliphatic carbocycles. The van der Waals surface area contributed by atoms with E-state index in [0.29, 0.717) is 18.2 Å². The second-order valence-electron chi connectivity index (χ2n) is 5.81. The molecule has 0 aliphatic heterocycles. The summed E-state index contributed by atoms with van der Waals surface area (Å²) in [7, 11) is 3.09. The average molecular weight is 319 g/mol. The van der Waals surface area contributed by atoms with Gasteiger partial charge in [-0.15, -0.1) is 0 Å². The van der Waals surface area contributed by atoms with Crippen LogP contribution in [-0.4, -0.2) is 25.4 Å². The van der Waals surface area contributed by atoms with Crippen molar-refractivity contribution < 1.29 is 13.2 Å². The van der Waals surface area contributed by atoms with Gasteiger partial charge in [-0.05, 0) is 30.2 Å². The highest BCUT2D eigenvalue weighted by Gasteiger charge is 2.45. The number of hydrogen-bond donors (Lipinski definition) is 1. The number of amides is 1. The lowest BCUT2D eigenvalue weighted by Crippen LogP contribution is -2.33. The Hall–Kier alpha value is -1.01. The fourth-order valence-corrected chi connectivity index (χ4v) is 3.15. The lowest BCUT2D eigenvalue weighted by Gasteiger charge is -2.20. The van der Waals surface area contributed by atoms with E-state index in [-0.39, 0.29) is 16.2 Å². The molecule has 0 saturated heterocycles. The zero-order chi connectivity index (χ0) is 15.1. The maximum atomic E-state index is 12.1. The van der Waals surface area contributed by atoms with E-state index in [1.807, 2.05) is 0 Å². The number of carbonyl (C=O) groups excluding carboxylic acids is 1. The Kier molecular flexibility index (Phi) is 3.90. The first-order valence-electron chi connectivity index (χ1n) is 6.55. The molecule has 1 heterocycles. The molecule has 1 aromatic heterocycles. The van der Waals surface area contributed by atoms with Gasteiger partial charge >= 0.3 is 0 Å². The number of rotatable bonds is 5. The quantitative estimate of drug-likeness (QED) is 0.846. The van der Waals surface area contributed by atoms with Crippen molar-refractivity contribution in [1.82, 2.24) is 9.88 Å². The van der Waals surface area contributed by atoms with Crippen LogP contribution in [0.3, 0.4) is 0 Å². The third-order valence-electron chi connectivity index (χ3n) is 4.21. The first-order valence-corrected chi connectivity index (χ1v) is 8.86. The molecular weight excluding hydrogens is 300 g/mol. The maximum Gasteiger partial charge on any atom is 0.267 e. The van der Waals surface area contributed by atoms with Crippen LogP contribution in [-0.2, 0) is 16.1 Å². The van der Waals surface area contributed by atoms with Crippen molar-refractivity contribution in [3.05, 3.63) is 18.0 Å². The molecule has 1 N–H and O–H groups in total. The van der Waals surface area contributed by atoms with Crippen LogP contribution in [0.25, 0.3) is 0 Å². The lowest BCUT2D eigenvalue weighted by molar-refractivity contribution is 0.0931. The first-order chi connectivity index (χ1) is 9.16. The largest absolute Gasteiger partial charge is 0.350 e. The highest BCUT2D eigenvalue weighted by Crippen LogP contribution is 2.51. The van der Waals surface area contributed by atoms with Crippen LogP contribution >= 0.6 is 10.7 Å². The topological polar surface area (TPSA) is 68.2 Å². The summed E-state index contributed by atoms with van der Waals surface area (Å²) in [6.07, 6.45) is 3.59. The van der Waals surface area contributed by atoms with Gasteiger partial charge in [0.25, 0.3) is 15.0 Å². The minimum atomic E-state index is -3.81. The second kappa shape index (κ2) is 5.07. The molecule has 20 heavy (non-hydrogen) atoms. The van der Waals surface area contributed by atoms with Crippen molar-refractivity contribution in [2.75, 3.05) is 6.54 Å². The van der Waals surface area contributed by atoms with E-state index in [0.717, 1.165) is 12.8 Å². The summed E-state index contributed by atoms with van der Waals surface area (Å²) in [4.78, 5) is 12.1.